The maximum atomic E-state index is 12.3. The zero-order valence-electron chi connectivity index (χ0n) is 10.5. The SMILES string of the molecule is Cc1c(Cl)cccc1NC(=O)c1nc(Cl)c(Cl)c(Cl)c1Cl. The quantitative estimate of drug-likeness (QED) is 0.654. The molecule has 8 heteroatoms. The number of nitrogens with zero attached hydrogens (tertiary/aromatic N) is 1. The van der Waals surface area contributed by atoms with E-state index in [0.29, 0.717) is 10.7 Å². The van der Waals surface area contributed by atoms with Crippen LogP contribution in [0.15, 0.2) is 18.2 Å². The molecule has 0 aliphatic rings. The molecule has 3 nitrogen and oxygen atoms in total. The van der Waals surface area contributed by atoms with Crippen LogP contribution in [0.25, 0.3) is 0 Å². The van der Waals surface area contributed by atoms with Gasteiger partial charge >= 0.3 is 0 Å². The first-order valence-corrected chi connectivity index (χ1v) is 7.48. The van der Waals surface area contributed by atoms with Crippen LogP contribution in [0.4, 0.5) is 5.69 Å². The Hall–Kier alpha value is -0.710. The molecule has 1 aromatic heterocycles. The number of hydrogen-bond acceptors (Lipinski definition) is 2. The minimum atomic E-state index is -0.564. The van der Waals surface area contributed by atoms with Crippen molar-refractivity contribution in [3.05, 3.63) is 54.7 Å². The van der Waals surface area contributed by atoms with Crippen LogP contribution in [0.1, 0.15) is 16.1 Å². The summed E-state index contributed by atoms with van der Waals surface area (Å²) < 4.78 is 0. The molecule has 2 rings (SSSR count). The molecule has 1 amide bonds. The van der Waals surface area contributed by atoms with E-state index < -0.39 is 5.91 Å². The van der Waals surface area contributed by atoms with Gasteiger partial charge in [-0.1, -0.05) is 64.1 Å². The Kier molecular flexibility index (Phi) is 5.23. The largest absolute Gasteiger partial charge is 0.320 e. The molecular formula is C13H7Cl5N2O. The molecule has 0 spiro atoms. The Morgan fingerprint density at radius 3 is 2.38 bits per heavy atom. The number of aromatic nitrogens is 1. The van der Waals surface area contributed by atoms with Crippen molar-refractivity contribution in [3.8, 4) is 0 Å². The highest BCUT2D eigenvalue weighted by molar-refractivity contribution is 6.52. The molecule has 0 saturated heterocycles. The first-order chi connectivity index (χ1) is 9.82. The summed E-state index contributed by atoms with van der Waals surface area (Å²) in [6.45, 7) is 1.77. The molecule has 0 bridgehead atoms. The Bertz CT molecular complexity index is 733. The zero-order chi connectivity index (χ0) is 15.7. The third kappa shape index (κ3) is 3.38. The van der Waals surface area contributed by atoms with Gasteiger partial charge in [0.15, 0.2) is 0 Å². The van der Waals surface area contributed by atoms with Crippen molar-refractivity contribution in [2.24, 2.45) is 0 Å². The van der Waals surface area contributed by atoms with Gasteiger partial charge in [-0.25, -0.2) is 4.98 Å². The number of nitrogens with one attached hydrogen (secondary N) is 1. The average molecular weight is 384 g/mol. The number of pyridine rings is 1. The minimum absolute atomic E-state index is 0.00109. The fourth-order valence-corrected chi connectivity index (χ4v) is 2.55. The van der Waals surface area contributed by atoms with Crippen molar-refractivity contribution in [3.63, 3.8) is 0 Å². The highest BCUT2D eigenvalue weighted by Gasteiger charge is 2.20. The molecule has 0 fully saturated rings. The second-order valence-electron chi connectivity index (χ2n) is 4.06. The number of carbonyl (C=O) groups excluding carboxylic acids is 1. The Balaban J connectivity index is 2.40. The van der Waals surface area contributed by atoms with E-state index >= 15 is 0 Å². The summed E-state index contributed by atoms with van der Waals surface area (Å²) in [4.78, 5) is 16.1. The lowest BCUT2D eigenvalue weighted by Crippen LogP contribution is -2.15. The maximum Gasteiger partial charge on any atom is 0.275 e. The lowest BCUT2D eigenvalue weighted by molar-refractivity contribution is 0.102. The molecule has 110 valence electrons. The van der Waals surface area contributed by atoms with Crippen LogP contribution in [-0.4, -0.2) is 10.9 Å². The molecule has 1 heterocycles. The van der Waals surface area contributed by atoms with Crippen LogP contribution in [0, 0.1) is 6.92 Å². The van der Waals surface area contributed by atoms with E-state index in [9.17, 15) is 4.79 Å². The van der Waals surface area contributed by atoms with E-state index in [1.807, 2.05) is 0 Å². The van der Waals surface area contributed by atoms with Gasteiger partial charge in [-0.05, 0) is 24.6 Å². The van der Waals surface area contributed by atoms with Crippen molar-refractivity contribution in [2.75, 3.05) is 5.32 Å². The number of hydrogen-bond donors (Lipinski definition) is 1. The number of rotatable bonds is 2. The molecule has 0 aliphatic carbocycles. The van der Waals surface area contributed by atoms with Crippen LogP contribution in [-0.2, 0) is 0 Å². The Morgan fingerprint density at radius 2 is 1.71 bits per heavy atom. The lowest BCUT2D eigenvalue weighted by Gasteiger charge is -2.11. The number of carbonyl (C=O) groups is 1. The number of halogens is 5. The molecule has 0 saturated carbocycles. The summed E-state index contributed by atoms with van der Waals surface area (Å²) >= 11 is 29.5. The molecule has 1 N–H and O–H groups in total. The monoisotopic (exact) mass is 382 g/mol. The summed E-state index contributed by atoms with van der Waals surface area (Å²) in [5.41, 5.74) is 1.14. The van der Waals surface area contributed by atoms with E-state index in [4.69, 9.17) is 58.0 Å². The van der Waals surface area contributed by atoms with Gasteiger partial charge in [0, 0.05) is 10.7 Å². The third-order valence-corrected chi connectivity index (χ3v) is 4.80. The van der Waals surface area contributed by atoms with Crippen LogP contribution in [0.5, 0.6) is 0 Å². The van der Waals surface area contributed by atoms with Crippen molar-refractivity contribution in [2.45, 2.75) is 6.92 Å². The smallest absolute Gasteiger partial charge is 0.275 e. The van der Waals surface area contributed by atoms with Gasteiger partial charge in [0.1, 0.15) is 10.8 Å². The van der Waals surface area contributed by atoms with Gasteiger partial charge in [-0.3, -0.25) is 4.79 Å². The highest BCUT2D eigenvalue weighted by atomic mass is 35.5. The molecule has 1 aromatic carbocycles. The number of amides is 1. The molecular weight excluding hydrogens is 377 g/mol. The van der Waals surface area contributed by atoms with Crippen LogP contribution < -0.4 is 5.32 Å². The van der Waals surface area contributed by atoms with Crippen LogP contribution >= 0.6 is 58.0 Å². The topological polar surface area (TPSA) is 42.0 Å². The standard InChI is InChI=1S/C13H7Cl5N2O/c1-5-6(14)3-2-4-7(5)19-13(21)11-9(16)8(15)10(17)12(18)20-11/h2-4H,1H3,(H,19,21). The zero-order valence-corrected chi connectivity index (χ0v) is 14.3. The van der Waals surface area contributed by atoms with Crippen molar-refractivity contribution < 1.29 is 4.79 Å². The van der Waals surface area contributed by atoms with E-state index in [1.165, 1.54) is 0 Å². The fourth-order valence-electron chi connectivity index (χ4n) is 1.56. The first kappa shape index (κ1) is 16.7. The molecule has 0 unspecified atom stereocenters. The molecule has 2 aromatic rings. The fraction of sp³-hybridized carbons (Fsp3) is 0.0769. The predicted octanol–water partition coefficient (Wildman–Crippen LogP) is 5.91. The van der Waals surface area contributed by atoms with E-state index in [2.05, 4.69) is 10.3 Å². The van der Waals surface area contributed by atoms with Gasteiger partial charge in [0.2, 0.25) is 0 Å². The van der Waals surface area contributed by atoms with Crippen LogP contribution in [0.2, 0.25) is 25.2 Å². The van der Waals surface area contributed by atoms with Crippen LogP contribution in [0.3, 0.4) is 0 Å². The predicted molar refractivity (Wildman–Crippen MR) is 88.4 cm³/mol. The normalized spacial score (nSPS) is 10.6. The molecule has 0 aliphatic heterocycles. The summed E-state index contributed by atoms with van der Waals surface area (Å²) in [7, 11) is 0. The lowest BCUT2D eigenvalue weighted by atomic mass is 10.2. The first-order valence-electron chi connectivity index (χ1n) is 5.59. The van der Waals surface area contributed by atoms with Crippen molar-refractivity contribution >= 4 is 69.6 Å². The second kappa shape index (κ2) is 6.59. The van der Waals surface area contributed by atoms with E-state index in [-0.39, 0.29) is 25.9 Å². The Morgan fingerprint density at radius 1 is 1.05 bits per heavy atom. The van der Waals surface area contributed by atoms with E-state index in [0.717, 1.165) is 5.56 Å². The summed E-state index contributed by atoms with van der Waals surface area (Å²) in [5.74, 6) is -0.564. The average Bonchev–Trinajstić information content (AvgIpc) is 2.45. The summed E-state index contributed by atoms with van der Waals surface area (Å²) in [6.07, 6.45) is 0. The molecule has 0 atom stereocenters. The third-order valence-electron chi connectivity index (χ3n) is 2.72. The minimum Gasteiger partial charge on any atom is -0.320 e. The van der Waals surface area contributed by atoms with E-state index in [1.54, 1.807) is 25.1 Å². The van der Waals surface area contributed by atoms with Gasteiger partial charge in [0.05, 0.1) is 15.1 Å². The van der Waals surface area contributed by atoms with Crippen molar-refractivity contribution in [1.82, 2.24) is 4.98 Å². The second-order valence-corrected chi connectivity index (χ2v) is 5.96. The van der Waals surface area contributed by atoms with Gasteiger partial charge in [-0.15, -0.1) is 0 Å². The Labute approximate surface area is 146 Å². The van der Waals surface area contributed by atoms with Gasteiger partial charge < -0.3 is 5.32 Å². The van der Waals surface area contributed by atoms with Crippen molar-refractivity contribution in [1.29, 1.82) is 0 Å². The number of anilines is 1. The molecule has 0 radical (unpaired) electrons. The molecule has 21 heavy (non-hydrogen) atoms. The van der Waals surface area contributed by atoms with Gasteiger partial charge in [-0.2, -0.15) is 0 Å². The number of benzene rings is 1. The summed E-state index contributed by atoms with van der Waals surface area (Å²) in [5, 5.41) is 2.99. The summed E-state index contributed by atoms with van der Waals surface area (Å²) in [6, 6.07) is 5.13. The highest BCUT2D eigenvalue weighted by Crippen LogP contribution is 2.36. The van der Waals surface area contributed by atoms with Gasteiger partial charge in [0.25, 0.3) is 5.91 Å². The maximum absolute atomic E-state index is 12.3.